The molecule has 2 rings (SSSR count). The Morgan fingerprint density at radius 1 is 1.08 bits per heavy atom. The summed E-state index contributed by atoms with van der Waals surface area (Å²) in [6, 6.07) is 15.9. The average Bonchev–Trinajstić information content (AvgIpc) is 2.58. The summed E-state index contributed by atoms with van der Waals surface area (Å²) in [5.74, 6) is 0.871. The van der Waals surface area contributed by atoms with Gasteiger partial charge in [0.2, 0.25) is 0 Å². The Hall–Kier alpha value is -1.26. The van der Waals surface area contributed by atoms with Crippen molar-refractivity contribution in [2.24, 2.45) is 0 Å². The van der Waals surface area contributed by atoms with E-state index >= 15 is 0 Å². The van der Waals surface area contributed by atoms with E-state index < -0.39 is 0 Å². The summed E-state index contributed by atoms with van der Waals surface area (Å²) in [6.45, 7) is 5.76. The third-order valence-corrected chi connectivity index (χ3v) is 3.66. The molecule has 2 aromatic carbocycles. The maximum atomic E-state index is 6.11. The van der Waals surface area contributed by atoms with Gasteiger partial charge in [-0.3, -0.25) is 0 Å². The second-order valence-corrected chi connectivity index (χ2v) is 5.69. The molecule has 0 fully saturated rings. The van der Waals surface area contributed by atoms with E-state index in [2.05, 4.69) is 17.4 Å². The molecule has 5 heteroatoms. The highest BCUT2D eigenvalue weighted by molar-refractivity contribution is 6.30. The van der Waals surface area contributed by atoms with Crippen molar-refractivity contribution in [3.05, 3.63) is 64.7 Å². The first-order chi connectivity index (χ1) is 11.3. The van der Waals surface area contributed by atoms with Gasteiger partial charge in [-0.1, -0.05) is 41.9 Å². The fraction of sp³-hybridized carbons (Fsp3) is 0.368. The molecule has 3 nitrogen and oxygen atoms in total. The third kappa shape index (κ3) is 7.54. The Kier molecular flexibility index (Phi) is 10.5. The van der Waals surface area contributed by atoms with Gasteiger partial charge < -0.3 is 14.8 Å². The van der Waals surface area contributed by atoms with Crippen molar-refractivity contribution in [1.82, 2.24) is 5.32 Å². The molecule has 0 spiro atoms. The molecule has 0 aliphatic carbocycles. The second-order valence-electron chi connectivity index (χ2n) is 5.25. The highest BCUT2D eigenvalue weighted by Gasteiger charge is 2.05. The molecule has 24 heavy (non-hydrogen) atoms. The van der Waals surface area contributed by atoms with Crippen LogP contribution in [0, 0.1) is 0 Å². The Bertz CT molecular complexity index is 579. The predicted octanol–water partition coefficient (Wildman–Crippen LogP) is 4.86. The van der Waals surface area contributed by atoms with Gasteiger partial charge in [0.15, 0.2) is 0 Å². The van der Waals surface area contributed by atoms with Crippen LogP contribution >= 0.6 is 24.0 Å². The van der Waals surface area contributed by atoms with Gasteiger partial charge in [0.05, 0.1) is 0 Å². The first-order valence-corrected chi connectivity index (χ1v) is 8.41. The number of nitrogens with one attached hydrogen (secondary N) is 1. The summed E-state index contributed by atoms with van der Waals surface area (Å²) < 4.78 is 11.3. The van der Waals surface area contributed by atoms with Gasteiger partial charge in [-0.2, -0.15) is 0 Å². The molecule has 0 aliphatic rings. The molecule has 0 saturated heterocycles. The minimum Gasteiger partial charge on any atom is -0.489 e. The van der Waals surface area contributed by atoms with Crippen LogP contribution in [0.5, 0.6) is 5.75 Å². The fourth-order valence-electron chi connectivity index (χ4n) is 2.23. The van der Waals surface area contributed by atoms with Gasteiger partial charge in [0, 0.05) is 30.3 Å². The van der Waals surface area contributed by atoms with Gasteiger partial charge in [-0.15, -0.1) is 12.4 Å². The number of hydrogen-bond donors (Lipinski definition) is 1. The SMILES string of the molecule is CCOCCCNCc1cc(Cl)ccc1OCc1ccccc1.Cl. The number of ether oxygens (including phenoxy) is 2. The number of halogens is 2. The number of rotatable bonds is 10. The Morgan fingerprint density at radius 2 is 1.88 bits per heavy atom. The standard InChI is InChI=1S/C19H24ClNO2.ClH/c1-2-22-12-6-11-21-14-17-13-18(20)9-10-19(17)23-15-16-7-4-3-5-8-16;/h3-5,7-10,13,21H,2,6,11-12,14-15H2,1H3;1H. The molecule has 1 N–H and O–H groups in total. The molecular formula is C19H25Cl2NO2. The van der Waals surface area contributed by atoms with Crippen molar-refractivity contribution in [3.8, 4) is 5.75 Å². The van der Waals surface area contributed by atoms with E-state index in [1.807, 2.05) is 43.3 Å². The average molecular weight is 370 g/mol. The third-order valence-electron chi connectivity index (χ3n) is 3.42. The number of benzene rings is 2. The number of hydrogen-bond acceptors (Lipinski definition) is 3. The van der Waals surface area contributed by atoms with Crippen LogP contribution in [0.1, 0.15) is 24.5 Å². The maximum absolute atomic E-state index is 6.11. The zero-order valence-electron chi connectivity index (χ0n) is 14.0. The van der Waals surface area contributed by atoms with Crippen LogP contribution in [0.15, 0.2) is 48.5 Å². The minimum atomic E-state index is 0. The Morgan fingerprint density at radius 3 is 2.62 bits per heavy atom. The molecule has 0 unspecified atom stereocenters. The van der Waals surface area contributed by atoms with E-state index in [0.29, 0.717) is 6.61 Å². The van der Waals surface area contributed by atoms with E-state index in [0.717, 1.165) is 54.6 Å². The van der Waals surface area contributed by atoms with Crippen LogP contribution in [0.3, 0.4) is 0 Å². The lowest BCUT2D eigenvalue weighted by Crippen LogP contribution is -2.17. The minimum absolute atomic E-state index is 0. The zero-order valence-corrected chi connectivity index (χ0v) is 15.5. The summed E-state index contributed by atoms with van der Waals surface area (Å²) in [5.41, 5.74) is 2.22. The normalized spacial score (nSPS) is 10.2. The van der Waals surface area contributed by atoms with Gasteiger partial charge >= 0.3 is 0 Å². The highest BCUT2D eigenvalue weighted by Crippen LogP contribution is 2.23. The van der Waals surface area contributed by atoms with Gasteiger partial charge in [-0.25, -0.2) is 0 Å². The van der Waals surface area contributed by atoms with Gasteiger partial charge in [-0.05, 0) is 43.7 Å². The molecule has 0 radical (unpaired) electrons. The predicted molar refractivity (Wildman–Crippen MR) is 102 cm³/mol. The lowest BCUT2D eigenvalue weighted by Gasteiger charge is -2.13. The van der Waals surface area contributed by atoms with Crippen LogP contribution in [0.2, 0.25) is 5.02 Å². The Balaban J connectivity index is 0.00000288. The van der Waals surface area contributed by atoms with Crippen LogP contribution in [0.4, 0.5) is 0 Å². The van der Waals surface area contributed by atoms with Crippen molar-refractivity contribution < 1.29 is 9.47 Å². The summed E-state index contributed by atoms with van der Waals surface area (Å²) in [5, 5.41) is 4.13. The van der Waals surface area contributed by atoms with Crippen molar-refractivity contribution in [2.75, 3.05) is 19.8 Å². The van der Waals surface area contributed by atoms with E-state index in [1.54, 1.807) is 0 Å². The smallest absolute Gasteiger partial charge is 0.124 e. The molecule has 0 aromatic heterocycles. The molecule has 0 bridgehead atoms. The van der Waals surface area contributed by atoms with Crippen molar-refractivity contribution in [3.63, 3.8) is 0 Å². The van der Waals surface area contributed by atoms with E-state index in [-0.39, 0.29) is 12.4 Å². The van der Waals surface area contributed by atoms with E-state index in [4.69, 9.17) is 21.1 Å². The van der Waals surface area contributed by atoms with Crippen molar-refractivity contribution in [1.29, 1.82) is 0 Å². The van der Waals surface area contributed by atoms with Crippen molar-refractivity contribution in [2.45, 2.75) is 26.5 Å². The summed E-state index contributed by atoms with van der Waals surface area (Å²) in [7, 11) is 0. The highest BCUT2D eigenvalue weighted by atomic mass is 35.5. The molecule has 0 heterocycles. The van der Waals surface area contributed by atoms with Gasteiger partial charge in [0.1, 0.15) is 12.4 Å². The van der Waals surface area contributed by atoms with Crippen LogP contribution < -0.4 is 10.1 Å². The summed E-state index contributed by atoms with van der Waals surface area (Å²) in [6.07, 6.45) is 0.995. The molecule has 0 aliphatic heterocycles. The lowest BCUT2D eigenvalue weighted by molar-refractivity contribution is 0.144. The van der Waals surface area contributed by atoms with Gasteiger partial charge in [0.25, 0.3) is 0 Å². The zero-order chi connectivity index (χ0) is 16.3. The Labute approximate surface area is 155 Å². The van der Waals surface area contributed by atoms with Crippen LogP contribution in [0.25, 0.3) is 0 Å². The topological polar surface area (TPSA) is 30.5 Å². The molecular weight excluding hydrogens is 345 g/mol. The van der Waals surface area contributed by atoms with Crippen LogP contribution in [-0.4, -0.2) is 19.8 Å². The fourth-order valence-corrected chi connectivity index (χ4v) is 2.42. The molecule has 0 amide bonds. The van der Waals surface area contributed by atoms with Crippen molar-refractivity contribution >= 4 is 24.0 Å². The van der Waals surface area contributed by atoms with Crippen LogP contribution in [-0.2, 0) is 17.9 Å². The first-order valence-electron chi connectivity index (χ1n) is 8.03. The monoisotopic (exact) mass is 369 g/mol. The largest absolute Gasteiger partial charge is 0.489 e. The maximum Gasteiger partial charge on any atom is 0.124 e. The van der Waals surface area contributed by atoms with E-state index in [1.165, 1.54) is 0 Å². The first kappa shape index (κ1) is 20.8. The second kappa shape index (κ2) is 12.2. The van der Waals surface area contributed by atoms with E-state index in [9.17, 15) is 0 Å². The molecule has 0 saturated carbocycles. The summed E-state index contributed by atoms with van der Waals surface area (Å²) in [4.78, 5) is 0. The quantitative estimate of drug-likeness (QED) is 0.606. The molecule has 132 valence electrons. The lowest BCUT2D eigenvalue weighted by atomic mass is 10.2. The summed E-state index contributed by atoms with van der Waals surface area (Å²) >= 11 is 6.11. The molecule has 2 aromatic rings. The molecule has 0 atom stereocenters.